The van der Waals surface area contributed by atoms with Crippen LogP contribution in [0.1, 0.15) is 49.7 Å². The first kappa shape index (κ1) is 30.7. The second kappa shape index (κ2) is 12.1. The summed E-state index contributed by atoms with van der Waals surface area (Å²) in [7, 11) is -2.76. The average molecular weight is 623 g/mol. The number of anilines is 1. The van der Waals surface area contributed by atoms with Crippen molar-refractivity contribution in [1.82, 2.24) is 4.90 Å². The Bertz CT molecular complexity index is 1480. The number of alkyl halides is 3. The summed E-state index contributed by atoms with van der Waals surface area (Å²) in [5.41, 5.74) is -1.23. The zero-order valence-electron chi connectivity index (χ0n) is 23.2. The fourth-order valence-corrected chi connectivity index (χ4v) is 8.18. The first-order valence-electron chi connectivity index (χ1n) is 14.0. The van der Waals surface area contributed by atoms with E-state index >= 15 is 0 Å². The summed E-state index contributed by atoms with van der Waals surface area (Å²) in [6.07, 6.45) is -0.620. The largest absolute Gasteiger partial charge is 0.497 e. The van der Waals surface area contributed by atoms with Crippen LogP contribution in [0.5, 0.6) is 5.75 Å². The Morgan fingerprint density at radius 1 is 0.976 bits per heavy atom. The lowest BCUT2D eigenvalue weighted by Gasteiger charge is -2.49. The van der Waals surface area contributed by atoms with E-state index in [0.29, 0.717) is 43.1 Å². The van der Waals surface area contributed by atoms with E-state index in [9.17, 15) is 26.7 Å². The Hall–Kier alpha value is -2.79. The molecule has 1 aliphatic carbocycles. The van der Waals surface area contributed by atoms with Crippen LogP contribution in [0.4, 0.5) is 18.9 Å². The molecule has 1 heterocycles. The van der Waals surface area contributed by atoms with Gasteiger partial charge in [-0.05, 0) is 85.8 Å². The monoisotopic (exact) mass is 622 g/mol. The summed E-state index contributed by atoms with van der Waals surface area (Å²) in [4.78, 5) is 2.17. The van der Waals surface area contributed by atoms with Gasteiger partial charge in [0.15, 0.2) is 0 Å². The third-order valence-electron chi connectivity index (χ3n) is 8.50. The number of aliphatic hydroxyl groups is 1. The summed E-state index contributed by atoms with van der Waals surface area (Å²) in [5, 5.41) is 12.5. The number of halogens is 4. The van der Waals surface area contributed by atoms with E-state index in [0.717, 1.165) is 41.3 Å². The second-order valence-electron chi connectivity index (χ2n) is 11.0. The molecule has 0 bridgehead atoms. The smallest absolute Gasteiger partial charge is 0.416 e. The highest BCUT2D eigenvalue weighted by atomic mass is 35.5. The molecule has 11 heteroatoms. The van der Waals surface area contributed by atoms with Crippen molar-refractivity contribution >= 4 is 27.3 Å². The molecule has 0 radical (unpaired) electrons. The number of benzene rings is 3. The van der Waals surface area contributed by atoms with Gasteiger partial charge in [0.1, 0.15) is 11.4 Å². The molecular formula is C31H34ClF3N2O4S. The molecule has 2 fully saturated rings. The highest BCUT2D eigenvalue weighted by molar-refractivity contribution is 7.92. The molecule has 6 nitrogen and oxygen atoms in total. The van der Waals surface area contributed by atoms with Crippen molar-refractivity contribution in [2.75, 3.05) is 24.5 Å². The van der Waals surface area contributed by atoms with E-state index in [-0.39, 0.29) is 16.6 Å². The molecule has 5 rings (SSSR count). The van der Waals surface area contributed by atoms with Crippen LogP contribution in [0, 0.1) is 0 Å². The van der Waals surface area contributed by atoms with E-state index in [2.05, 4.69) is 4.90 Å². The average Bonchev–Trinajstić information content (AvgIpc) is 2.98. The molecule has 1 saturated carbocycles. The molecular weight excluding hydrogens is 589 g/mol. The number of hydrogen-bond donors (Lipinski definition) is 1. The predicted octanol–water partition coefficient (Wildman–Crippen LogP) is 6.86. The van der Waals surface area contributed by atoms with E-state index < -0.39 is 33.4 Å². The first-order valence-corrected chi connectivity index (χ1v) is 15.8. The Kier molecular flexibility index (Phi) is 8.81. The molecule has 1 aliphatic heterocycles. The van der Waals surface area contributed by atoms with Crippen LogP contribution in [0.15, 0.2) is 77.7 Å². The van der Waals surface area contributed by atoms with Gasteiger partial charge in [-0.1, -0.05) is 42.6 Å². The van der Waals surface area contributed by atoms with E-state index in [1.165, 1.54) is 43.5 Å². The van der Waals surface area contributed by atoms with Gasteiger partial charge in [-0.15, -0.1) is 0 Å². The molecule has 1 saturated heterocycles. The van der Waals surface area contributed by atoms with Gasteiger partial charge in [0.05, 0.1) is 23.3 Å². The molecule has 226 valence electrons. The standard InChI is InChI=1S/C31H34ClF3N2O4S/c1-41-27-12-14-28(15-13-27)42(39,40)37(26-6-4-5-23(21-26)31(33,34)35)25-16-19-36(20-17-25)29-7-2-3-18-30(29,38)22-8-10-24(32)11-9-22/h4-6,8-15,21,25,29,38H,2-3,7,16-20H2,1H3/t29-,30+/m1/s1. The summed E-state index contributed by atoms with van der Waals surface area (Å²) in [6, 6.07) is 16.8. The van der Waals surface area contributed by atoms with Crippen LogP contribution in [-0.2, 0) is 21.8 Å². The maximum Gasteiger partial charge on any atom is 0.416 e. The van der Waals surface area contributed by atoms with Crippen LogP contribution in [0.2, 0.25) is 5.02 Å². The van der Waals surface area contributed by atoms with E-state index in [1.807, 2.05) is 12.1 Å². The summed E-state index contributed by atoms with van der Waals surface area (Å²) >= 11 is 6.09. The van der Waals surface area contributed by atoms with Gasteiger partial charge in [-0.25, -0.2) is 8.42 Å². The normalized spacial score (nSPS) is 22.6. The molecule has 2 aliphatic rings. The van der Waals surface area contributed by atoms with Gasteiger partial charge >= 0.3 is 6.18 Å². The molecule has 0 aromatic heterocycles. The van der Waals surface area contributed by atoms with E-state index in [1.54, 1.807) is 12.1 Å². The van der Waals surface area contributed by atoms with Gasteiger partial charge in [0, 0.05) is 30.2 Å². The topological polar surface area (TPSA) is 70.1 Å². The lowest BCUT2D eigenvalue weighted by molar-refractivity contribution is -0.137. The minimum atomic E-state index is -4.62. The minimum Gasteiger partial charge on any atom is -0.497 e. The molecule has 0 unspecified atom stereocenters. The fourth-order valence-electron chi connectivity index (χ4n) is 6.36. The molecule has 3 aromatic rings. The Morgan fingerprint density at radius 3 is 2.26 bits per heavy atom. The molecule has 0 spiro atoms. The number of hydrogen-bond acceptors (Lipinski definition) is 5. The summed E-state index contributed by atoms with van der Waals surface area (Å²) in [5.74, 6) is 0.466. The zero-order valence-corrected chi connectivity index (χ0v) is 24.8. The number of likely N-dealkylation sites (tertiary alicyclic amines) is 1. The molecule has 3 aromatic carbocycles. The lowest BCUT2D eigenvalue weighted by Crippen LogP contribution is -2.57. The van der Waals surface area contributed by atoms with Gasteiger partial charge in [-0.3, -0.25) is 9.21 Å². The van der Waals surface area contributed by atoms with Crippen molar-refractivity contribution in [2.24, 2.45) is 0 Å². The zero-order chi connectivity index (χ0) is 30.1. The Labute approximate surface area is 249 Å². The van der Waals surface area contributed by atoms with Crippen molar-refractivity contribution in [1.29, 1.82) is 0 Å². The quantitative estimate of drug-likeness (QED) is 0.312. The SMILES string of the molecule is COc1ccc(S(=O)(=O)N(c2cccc(C(F)(F)F)c2)C2CCN([C@@H]3CCCC[C@]3(O)c3ccc(Cl)cc3)CC2)cc1. The third-order valence-corrected chi connectivity index (χ3v) is 10.6. The van der Waals surface area contributed by atoms with Crippen molar-refractivity contribution in [3.8, 4) is 5.75 Å². The second-order valence-corrected chi connectivity index (χ2v) is 13.2. The van der Waals surface area contributed by atoms with Crippen molar-refractivity contribution in [3.05, 3.63) is 88.9 Å². The molecule has 1 N–H and O–H groups in total. The number of sulfonamides is 1. The van der Waals surface area contributed by atoms with Gasteiger partial charge < -0.3 is 9.84 Å². The number of piperidine rings is 1. The Morgan fingerprint density at radius 2 is 1.64 bits per heavy atom. The lowest BCUT2D eigenvalue weighted by atomic mass is 9.74. The number of rotatable bonds is 7. The molecule has 42 heavy (non-hydrogen) atoms. The van der Waals surface area contributed by atoms with Crippen molar-refractivity contribution in [3.63, 3.8) is 0 Å². The summed E-state index contributed by atoms with van der Waals surface area (Å²) in [6.45, 7) is 0.970. The minimum absolute atomic E-state index is 0.0329. The molecule has 2 atom stereocenters. The fraction of sp³-hybridized carbons (Fsp3) is 0.419. The maximum absolute atomic E-state index is 14.0. The van der Waals surface area contributed by atoms with Crippen LogP contribution < -0.4 is 9.04 Å². The van der Waals surface area contributed by atoms with Crippen LogP contribution in [0.25, 0.3) is 0 Å². The number of ether oxygens (including phenoxy) is 1. The highest BCUT2D eigenvalue weighted by Crippen LogP contribution is 2.42. The summed E-state index contributed by atoms with van der Waals surface area (Å²) < 4.78 is 75.3. The van der Waals surface area contributed by atoms with Crippen LogP contribution >= 0.6 is 11.6 Å². The van der Waals surface area contributed by atoms with Crippen LogP contribution in [0.3, 0.4) is 0 Å². The van der Waals surface area contributed by atoms with Crippen molar-refractivity contribution in [2.45, 2.75) is 67.3 Å². The van der Waals surface area contributed by atoms with E-state index in [4.69, 9.17) is 16.3 Å². The van der Waals surface area contributed by atoms with Gasteiger partial charge in [0.2, 0.25) is 0 Å². The van der Waals surface area contributed by atoms with Gasteiger partial charge in [-0.2, -0.15) is 13.2 Å². The maximum atomic E-state index is 14.0. The third kappa shape index (κ3) is 6.13. The van der Waals surface area contributed by atoms with Crippen molar-refractivity contribution < 1.29 is 31.4 Å². The first-order chi connectivity index (χ1) is 19.9. The highest BCUT2D eigenvalue weighted by Gasteiger charge is 2.45. The Balaban J connectivity index is 1.45. The molecule has 0 amide bonds. The predicted molar refractivity (Wildman–Crippen MR) is 156 cm³/mol. The number of methoxy groups -OCH3 is 1. The van der Waals surface area contributed by atoms with Gasteiger partial charge in [0.25, 0.3) is 10.0 Å². The number of nitrogens with zero attached hydrogens (tertiary/aromatic N) is 2. The van der Waals surface area contributed by atoms with Crippen LogP contribution in [-0.4, -0.2) is 50.7 Å².